The number of hydrogen-bond acceptors (Lipinski definition) is 2. The van der Waals surface area contributed by atoms with E-state index in [0.29, 0.717) is 0 Å². The molecule has 0 bridgehead atoms. The van der Waals surface area contributed by atoms with Crippen LogP contribution in [-0.2, 0) is 11.2 Å². The molecular formula is C13H18O2. The molecule has 0 amide bonds. The van der Waals surface area contributed by atoms with Crippen LogP contribution < -0.4 is 0 Å². The van der Waals surface area contributed by atoms with E-state index in [9.17, 15) is 5.11 Å². The molecule has 2 rings (SSSR count). The van der Waals surface area contributed by atoms with E-state index >= 15 is 0 Å². The minimum absolute atomic E-state index is 0.116. The van der Waals surface area contributed by atoms with Crippen LogP contribution in [0.3, 0.4) is 0 Å². The van der Waals surface area contributed by atoms with Crippen LogP contribution in [0.1, 0.15) is 37.0 Å². The predicted molar refractivity (Wildman–Crippen MR) is 59.8 cm³/mol. The first-order valence-electron chi connectivity index (χ1n) is 5.70. The van der Waals surface area contributed by atoms with E-state index in [0.717, 1.165) is 25.9 Å². The molecular weight excluding hydrogens is 188 g/mol. The Labute approximate surface area is 90.9 Å². The van der Waals surface area contributed by atoms with Crippen LogP contribution in [0.15, 0.2) is 24.3 Å². The number of rotatable bonds is 3. The fourth-order valence-corrected chi connectivity index (χ4v) is 2.19. The van der Waals surface area contributed by atoms with Gasteiger partial charge in [-0.2, -0.15) is 0 Å². The van der Waals surface area contributed by atoms with Crippen molar-refractivity contribution < 1.29 is 9.84 Å². The van der Waals surface area contributed by atoms with E-state index in [1.807, 2.05) is 12.1 Å². The normalized spacial score (nSPS) is 22.1. The van der Waals surface area contributed by atoms with E-state index < -0.39 is 0 Å². The van der Waals surface area contributed by atoms with Gasteiger partial charge in [0.25, 0.3) is 0 Å². The van der Waals surface area contributed by atoms with Crippen LogP contribution in [-0.4, -0.2) is 17.8 Å². The number of fused-ring (bicyclic) bond motifs is 1. The number of aliphatic hydroxyl groups is 1. The van der Waals surface area contributed by atoms with Gasteiger partial charge in [-0.25, -0.2) is 0 Å². The van der Waals surface area contributed by atoms with Crippen LogP contribution in [0, 0.1) is 0 Å². The molecule has 1 aromatic rings. The lowest BCUT2D eigenvalue weighted by molar-refractivity contribution is -0.0497. The maximum absolute atomic E-state index is 10.00. The third kappa shape index (κ3) is 2.21. The zero-order chi connectivity index (χ0) is 10.7. The highest BCUT2D eigenvalue weighted by Gasteiger charge is 2.26. The molecule has 1 heterocycles. The van der Waals surface area contributed by atoms with E-state index in [1.54, 1.807) is 0 Å². The van der Waals surface area contributed by atoms with Gasteiger partial charge in [0.2, 0.25) is 0 Å². The van der Waals surface area contributed by atoms with Crippen molar-refractivity contribution in [2.75, 3.05) is 6.61 Å². The van der Waals surface area contributed by atoms with Gasteiger partial charge in [-0.1, -0.05) is 37.6 Å². The Morgan fingerprint density at radius 1 is 1.47 bits per heavy atom. The van der Waals surface area contributed by atoms with Crippen LogP contribution >= 0.6 is 0 Å². The molecule has 1 N–H and O–H groups in total. The summed E-state index contributed by atoms with van der Waals surface area (Å²) in [5, 5.41) is 10.00. The number of aliphatic hydroxyl groups excluding tert-OH is 1. The van der Waals surface area contributed by atoms with Crippen molar-refractivity contribution in [1.82, 2.24) is 0 Å². The molecule has 1 aliphatic rings. The largest absolute Gasteiger partial charge is 0.390 e. The summed E-state index contributed by atoms with van der Waals surface area (Å²) >= 11 is 0. The van der Waals surface area contributed by atoms with Crippen LogP contribution in [0.25, 0.3) is 0 Å². The van der Waals surface area contributed by atoms with Crippen LogP contribution in [0.2, 0.25) is 0 Å². The first-order valence-corrected chi connectivity index (χ1v) is 5.70. The number of ether oxygens (including phenoxy) is 1. The molecule has 82 valence electrons. The SMILES string of the molecule is CCCC(O)C1OCCc2ccccc21. The van der Waals surface area contributed by atoms with Gasteiger partial charge >= 0.3 is 0 Å². The summed E-state index contributed by atoms with van der Waals surface area (Å²) in [4.78, 5) is 0. The molecule has 0 saturated carbocycles. The summed E-state index contributed by atoms with van der Waals surface area (Å²) in [5.41, 5.74) is 2.49. The zero-order valence-corrected chi connectivity index (χ0v) is 9.15. The second-order valence-corrected chi connectivity index (χ2v) is 4.10. The first kappa shape index (κ1) is 10.7. The summed E-state index contributed by atoms with van der Waals surface area (Å²) in [7, 11) is 0. The highest BCUT2D eigenvalue weighted by atomic mass is 16.5. The highest BCUT2D eigenvalue weighted by Crippen LogP contribution is 2.30. The van der Waals surface area contributed by atoms with Gasteiger partial charge in [0.15, 0.2) is 0 Å². The Kier molecular flexibility index (Phi) is 3.39. The maximum Gasteiger partial charge on any atom is 0.109 e. The van der Waals surface area contributed by atoms with Gasteiger partial charge in [-0.15, -0.1) is 0 Å². The second-order valence-electron chi connectivity index (χ2n) is 4.10. The Hall–Kier alpha value is -0.860. The molecule has 1 aromatic carbocycles. The lowest BCUT2D eigenvalue weighted by atomic mass is 9.93. The van der Waals surface area contributed by atoms with Crippen LogP contribution in [0.4, 0.5) is 0 Å². The fourth-order valence-electron chi connectivity index (χ4n) is 2.19. The second kappa shape index (κ2) is 4.77. The average Bonchev–Trinajstić information content (AvgIpc) is 2.28. The van der Waals surface area contributed by atoms with Crippen molar-refractivity contribution in [2.45, 2.75) is 38.4 Å². The molecule has 2 nitrogen and oxygen atoms in total. The van der Waals surface area contributed by atoms with Crippen molar-refractivity contribution in [3.05, 3.63) is 35.4 Å². The fraction of sp³-hybridized carbons (Fsp3) is 0.538. The van der Waals surface area contributed by atoms with Crippen molar-refractivity contribution in [3.63, 3.8) is 0 Å². The summed E-state index contributed by atoms with van der Waals surface area (Å²) in [5.74, 6) is 0. The molecule has 0 radical (unpaired) electrons. The lowest BCUT2D eigenvalue weighted by Crippen LogP contribution is -2.26. The zero-order valence-electron chi connectivity index (χ0n) is 9.15. The Balaban J connectivity index is 2.21. The third-order valence-electron chi connectivity index (χ3n) is 2.96. The lowest BCUT2D eigenvalue weighted by Gasteiger charge is -2.29. The minimum atomic E-state index is -0.364. The molecule has 2 atom stereocenters. The summed E-state index contributed by atoms with van der Waals surface area (Å²) < 4.78 is 5.67. The average molecular weight is 206 g/mol. The number of hydrogen-bond donors (Lipinski definition) is 1. The predicted octanol–water partition coefficient (Wildman–Crippen LogP) is 2.46. The molecule has 15 heavy (non-hydrogen) atoms. The Bertz CT molecular complexity index is 322. The quantitative estimate of drug-likeness (QED) is 0.823. The maximum atomic E-state index is 10.00. The van der Waals surface area contributed by atoms with Gasteiger partial charge in [0.05, 0.1) is 12.7 Å². The van der Waals surface area contributed by atoms with Crippen molar-refractivity contribution >= 4 is 0 Å². The third-order valence-corrected chi connectivity index (χ3v) is 2.96. The van der Waals surface area contributed by atoms with Crippen molar-refractivity contribution in [1.29, 1.82) is 0 Å². The van der Waals surface area contributed by atoms with E-state index in [-0.39, 0.29) is 12.2 Å². The van der Waals surface area contributed by atoms with Crippen molar-refractivity contribution in [2.24, 2.45) is 0 Å². The minimum Gasteiger partial charge on any atom is -0.390 e. The molecule has 0 fully saturated rings. The summed E-state index contributed by atoms with van der Waals surface area (Å²) in [6.07, 6.45) is 2.28. The molecule has 1 aliphatic heterocycles. The summed E-state index contributed by atoms with van der Waals surface area (Å²) in [6.45, 7) is 2.81. The van der Waals surface area contributed by atoms with Gasteiger partial charge in [-0.05, 0) is 24.0 Å². The molecule has 0 aliphatic carbocycles. The monoisotopic (exact) mass is 206 g/mol. The molecule has 2 unspecified atom stereocenters. The van der Waals surface area contributed by atoms with Gasteiger partial charge in [0, 0.05) is 0 Å². The topological polar surface area (TPSA) is 29.5 Å². The highest BCUT2D eigenvalue weighted by molar-refractivity contribution is 5.31. The van der Waals surface area contributed by atoms with Gasteiger partial charge in [0.1, 0.15) is 6.10 Å². The van der Waals surface area contributed by atoms with E-state index in [2.05, 4.69) is 19.1 Å². The first-order chi connectivity index (χ1) is 7.33. The molecule has 0 spiro atoms. The van der Waals surface area contributed by atoms with Crippen molar-refractivity contribution in [3.8, 4) is 0 Å². The molecule has 0 saturated heterocycles. The smallest absolute Gasteiger partial charge is 0.109 e. The molecule has 2 heteroatoms. The Morgan fingerprint density at radius 3 is 3.07 bits per heavy atom. The van der Waals surface area contributed by atoms with Gasteiger partial charge in [-0.3, -0.25) is 0 Å². The molecule has 0 aromatic heterocycles. The van der Waals surface area contributed by atoms with Gasteiger partial charge < -0.3 is 9.84 Å². The summed E-state index contributed by atoms with van der Waals surface area (Å²) in [6, 6.07) is 8.26. The number of benzene rings is 1. The standard InChI is InChI=1S/C13H18O2/c1-2-5-12(14)13-11-7-4-3-6-10(11)8-9-15-13/h3-4,6-7,12-14H,2,5,8-9H2,1H3. The van der Waals surface area contributed by atoms with Crippen LogP contribution in [0.5, 0.6) is 0 Å². The Morgan fingerprint density at radius 2 is 2.27 bits per heavy atom. The van der Waals surface area contributed by atoms with E-state index in [1.165, 1.54) is 11.1 Å². The van der Waals surface area contributed by atoms with E-state index in [4.69, 9.17) is 4.74 Å².